The Balaban J connectivity index is 5.18. The van der Waals surface area contributed by atoms with Crippen LogP contribution >= 0.6 is 0 Å². The molecule has 0 aromatic carbocycles. The number of carbonyl (C=O) groups is 2. The highest BCUT2D eigenvalue weighted by Gasteiger charge is 2.43. The smallest absolute Gasteiger partial charge is 0.320 e. The van der Waals surface area contributed by atoms with E-state index in [4.69, 9.17) is 9.84 Å². The number of hydrogen-bond acceptors (Lipinski definition) is 4. The monoisotopic (exact) mass is 238 g/mol. The molecule has 17 heavy (non-hydrogen) atoms. The lowest BCUT2D eigenvalue weighted by atomic mass is 9.78. The van der Waals surface area contributed by atoms with Crippen molar-refractivity contribution >= 4 is 11.8 Å². The Morgan fingerprint density at radius 3 is 2.53 bits per heavy atom. The molecule has 0 aliphatic carbocycles. The number of ketones is 1. The summed E-state index contributed by atoms with van der Waals surface area (Å²) in [6, 6.07) is 0. The molecule has 0 rings (SSSR count). The minimum atomic E-state index is -1.29. The zero-order valence-electron chi connectivity index (χ0n) is 10.3. The molecule has 0 bridgehead atoms. The van der Waals surface area contributed by atoms with E-state index in [1.165, 1.54) is 13.0 Å². The second-order valence-corrected chi connectivity index (χ2v) is 3.54. The highest BCUT2D eigenvalue weighted by molar-refractivity contribution is 6.03. The highest BCUT2D eigenvalue weighted by atomic mass is 16.5. The molecule has 0 aromatic heterocycles. The van der Waals surface area contributed by atoms with Crippen LogP contribution in [0.3, 0.4) is 0 Å². The summed E-state index contributed by atoms with van der Waals surface area (Å²) in [5, 5.41) is 8.58. The van der Waals surface area contributed by atoms with E-state index in [0.29, 0.717) is 0 Å². The van der Waals surface area contributed by atoms with Crippen molar-refractivity contribution in [3.63, 3.8) is 0 Å². The van der Waals surface area contributed by atoms with Crippen LogP contribution in [-0.2, 0) is 14.3 Å². The minimum absolute atomic E-state index is 0.0355. The van der Waals surface area contributed by atoms with Crippen LogP contribution in [0, 0.1) is 17.3 Å². The Bertz CT molecular complexity index is 348. The summed E-state index contributed by atoms with van der Waals surface area (Å²) in [5.74, 6) is 4.15. The van der Waals surface area contributed by atoms with Gasteiger partial charge in [0.05, 0.1) is 6.61 Å². The summed E-state index contributed by atoms with van der Waals surface area (Å²) in [6.45, 7) is 6.46. The lowest BCUT2D eigenvalue weighted by Crippen LogP contribution is -2.39. The molecule has 0 saturated heterocycles. The zero-order valence-corrected chi connectivity index (χ0v) is 10.3. The molecule has 0 aliphatic heterocycles. The number of Topliss-reactive ketones (excluding diaryl/α,β-unsaturated/α-hetero) is 1. The van der Waals surface area contributed by atoms with Gasteiger partial charge < -0.3 is 9.84 Å². The van der Waals surface area contributed by atoms with Gasteiger partial charge in [-0.1, -0.05) is 17.9 Å². The molecule has 4 nitrogen and oxygen atoms in total. The fraction of sp³-hybridized carbons (Fsp3) is 0.538. The molecule has 0 spiro atoms. The molecule has 1 unspecified atom stereocenters. The Morgan fingerprint density at radius 1 is 1.47 bits per heavy atom. The second-order valence-electron chi connectivity index (χ2n) is 3.54. The van der Waals surface area contributed by atoms with Gasteiger partial charge in [0.1, 0.15) is 17.8 Å². The summed E-state index contributed by atoms with van der Waals surface area (Å²) >= 11 is 0. The van der Waals surface area contributed by atoms with Crippen molar-refractivity contribution in [1.82, 2.24) is 0 Å². The van der Waals surface area contributed by atoms with E-state index in [1.54, 1.807) is 6.92 Å². The van der Waals surface area contributed by atoms with Crippen molar-refractivity contribution in [1.29, 1.82) is 0 Å². The third kappa shape index (κ3) is 4.04. The van der Waals surface area contributed by atoms with Gasteiger partial charge in [0.15, 0.2) is 0 Å². The van der Waals surface area contributed by atoms with Crippen LogP contribution in [0.5, 0.6) is 0 Å². The number of esters is 1. The van der Waals surface area contributed by atoms with E-state index < -0.39 is 11.4 Å². The first-order chi connectivity index (χ1) is 8.05. The van der Waals surface area contributed by atoms with Gasteiger partial charge in [-0.05, 0) is 20.3 Å². The van der Waals surface area contributed by atoms with Gasteiger partial charge in [0.2, 0.25) is 0 Å². The first-order valence-electron chi connectivity index (χ1n) is 5.41. The van der Waals surface area contributed by atoms with Gasteiger partial charge in [0, 0.05) is 6.42 Å². The molecule has 4 heteroatoms. The lowest BCUT2D eigenvalue weighted by Gasteiger charge is -2.25. The van der Waals surface area contributed by atoms with Crippen molar-refractivity contribution in [3.8, 4) is 11.8 Å². The number of aliphatic hydroxyl groups is 1. The Kier molecular flexibility index (Phi) is 6.92. The molecule has 1 N–H and O–H groups in total. The zero-order chi connectivity index (χ0) is 13.3. The first kappa shape index (κ1) is 15.4. The Labute approximate surface area is 102 Å². The van der Waals surface area contributed by atoms with E-state index in [2.05, 4.69) is 18.4 Å². The van der Waals surface area contributed by atoms with Crippen molar-refractivity contribution in [2.24, 2.45) is 5.41 Å². The van der Waals surface area contributed by atoms with E-state index in [0.717, 1.165) is 0 Å². The molecular formula is C13H18O4. The van der Waals surface area contributed by atoms with E-state index in [9.17, 15) is 9.59 Å². The van der Waals surface area contributed by atoms with Crippen molar-refractivity contribution < 1.29 is 19.4 Å². The molecule has 0 amide bonds. The maximum Gasteiger partial charge on any atom is 0.320 e. The third-order valence-corrected chi connectivity index (χ3v) is 2.43. The molecule has 0 saturated carbocycles. The van der Waals surface area contributed by atoms with Crippen LogP contribution in [0.1, 0.15) is 26.7 Å². The van der Waals surface area contributed by atoms with Crippen molar-refractivity contribution in [2.75, 3.05) is 13.2 Å². The van der Waals surface area contributed by atoms with Crippen LogP contribution in [0.2, 0.25) is 0 Å². The molecule has 1 atom stereocenters. The minimum Gasteiger partial charge on any atom is -0.465 e. The topological polar surface area (TPSA) is 63.6 Å². The highest BCUT2D eigenvalue weighted by Crippen LogP contribution is 2.30. The largest absolute Gasteiger partial charge is 0.465 e. The third-order valence-electron chi connectivity index (χ3n) is 2.43. The van der Waals surface area contributed by atoms with Gasteiger partial charge >= 0.3 is 5.97 Å². The summed E-state index contributed by atoms with van der Waals surface area (Å²) in [6.07, 6.45) is 1.72. The average molecular weight is 238 g/mol. The average Bonchev–Trinajstić information content (AvgIpc) is 2.28. The number of carbonyl (C=O) groups excluding carboxylic acids is 2. The number of aliphatic hydroxyl groups excluding tert-OH is 1. The summed E-state index contributed by atoms with van der Waals surface area (Å²) in [4.78, 5) is 23.6. The van der Waals surface area contributed by atoms with E-state index in [-0.39, 0.29) is 31.8 Å². The van der Waals surface area contributed by atoms with Crippen molar-refractivity contribution in [3.05, 3.63) is 12.7 Å². The van der Waals surface area contributed by atoms with Crippen LogP contribution in [0.4, 0.5) is 0 Å². The number of rotatable bonds is 6. The fourth-order valence-electron chi connectivity index (χ4n) is 1.42. The normalized spacial score (nSPS) is 12.9. The number of allylic oxidation sites excluding steroid dienone is 1. The molecule has 0 aromatic rings. The number of ether oxygens (including phenoxy) is 1. The Morgan fingerprint density at radius 2 is 2.12 bits per heavy atom. The van der Waals surface area contributed by atoms with Crippen LogP contribution < -0.4 is 0 Å². The Hall–Kier alpha value is -1.60. The van der Waals surface area contributed by atoms with Gasteiger partial charge in [-0.3, -0.25) is 9.59 Å². The van der Waals surface area contributed by atoms with Gasteiger partial charge in [-0.15, -0.1) is 6.58 Å². The molecule has 0 heterocycles. The van der Waals surface area contributed by atoms with Crippen LogP contribution in [0.25, 0.3) is 0 Å². The molecule has 0 aliphatic rings. The predicted molar refractivity (Wildman–Crippen MR) is 64.0 cm³/mol. The van der Waals surface area contributed by atoms with Gasteiger partial charge in [0.25, 0.3) is 0 Å². The summed E-state index contributed by atoms with van der Waals surface area (Å²) in [5.41, 5.74) is -1.29. The standard InChI is InChI=1S/C13H18O4/c1-4-8-13(11(3)15,9-6-7-10-14)12(16)17-5-2/h4,14H,1,5,8-10H2,2-3H3. The molecule has 0 fully saturated rings. The number of hydrogen-bond donors (Lipinski definition) is 1. The molecule has 94 valence electrons. The van der Waals surface area contributed by atoms with E-state index in [1.807, 2.05) is 0 Å². The maximum atomic E-state index is 11.9. The lowest BCUT2D eigenvalue weighted by molar-refractivity contribution is -0.159. The van der Waals surface area contributed by atoms with Gasteiger partial charge in [-0.25, -0.2) is 0 Å². The first-order valence-corrected chi connectivity index (χ1v) is 5.41. The summed E-state index contributed by atoms with van der Waals surface area (Å²) < 4.78 is 4.91. The SMILES string of the molecule is C=CCC(CC#CCO)(C(C)=O)C(=O)OCC. The molecule has 0 radical (unpaired) electrons. The fourth-order valence-corrected chi connectivity index (χ4v) is 1.42. The molecular weight excluding hydrogens is 220 g/mol. The van der Waals surface area contributed by atoms with Crippen molar-refractivity contribution in [2.45, 2.75) is 26.7 Å². The van der Waals surface area contributed by atoms with Crippen LogP contribution in [0.15, 0.2) is 12.7 Å². The van der Waals surface area contributed by atoms with E-state index >= 15 is 0 Å². The quantitative estimate of drug-likeness (QED) is 0.325. The maximum absolute atomic E-state index is 11.9. The second kappa shape index (κ2) is 7.64. The van der Waals surface area contributed by atoms with Gasteiger partial charge in [-0.2, -0.15) is 0 Å². The van der Waals surface area contributed by atoms with Crippen LogP contribution in [-0.4, -0.2) is 30.1 Å². The predicted octanol–water partition coefficient (Wildman–Crippen LogP) is 1.09. The summed E-state index contributed by atoms with van der Waals surface area (Å²) in [7, 11) is 0.